The summed E-state index contributed by atoms with van der Waals surface area (Å²) in [6, 6.07) is 26.8. The van der Waals surface area contributed by atoms with Gasteiger partial charge >= 0.3 is 0 Å². The molecule has 48 heavy (non-hydrogen) atoms. The van der Waals surface area contributed by atoms with Crippen LogP contribution in [0, 0.1) is 5.41 Å². The predicted molar refractivity (Wildman–Crippen MR) is 209 cm³/mol. The molecule has 0 fully saturated rings. The fourth-order valence-electron chi connectivity index (χ4n) is 8.05. The zero-order valence-electron chi connectivity index (χ0n) is 29.6. The lowest BCUT2D eigenvalue weighted by Gasteiger charge is -2.27. The summed E-state index contributed by atoms with van der Waals surface area (Å²) in [7, 11) is 0. The summed E-state index contributed by atoms with van der Waals surface area (Å²) in [6.45, 7) is 13.8. The standard InChI is InChI=1S/C45H52N3/c1-6-7-32-47-38-29-27-34-21-15-17-23-36(34)42(38)44(2,3)40(47)25-13-9-8-10-14-26-41-45(4,5)43-37-24-18-16-22-35(37)28-30-39(43)48(41)33-20-12-11-19-31-46/h8-10,13-18,21-31,46H,6-7,11-12,19-20,32-33H2,1-5H3/q+1. The normalized spacial score (nSPS) is 17.6. The number of nitrogens with one attached hydrogen (secondary N) is 1. The molecule has 0 saturated heterocycles. The van der Waals surface area contributed by atoms with Gasteiger partial charge < -0.3 is 10.3 Å². The molecule has 0 amide bonds. The van der Waals surface area contributed by atoms with Gasteiger partial charge in [-0.1, -0.05) is 112 Å². The van der Waals surface area contributed by atoms with Gasteiger partial charge in [0.15, 0.2) is 5.71 Å². The van der Waals surface area contributed by atoms with Gasteiger partial charge in [-0.2, -0.15) is 4.58 Å². The molecule has 3 heteroatoms. The highest BCUT2D eigenvalue weighted by Gasteiger charge is 2.45. The molecule has 2 heterocycles. The van der Waals surface area contributed by atoms with Crippen LogP contribution >= 0.6 is 0 Å². The maximum absolute atomic E-state index is 7.38. The van der Waals surface area contributed by atoms with Crippen molar-refractivity contribution in [2.45, 2.75) is 84.0 Å². The number of hydrogen-bond acceptors (Lipinski definition) is 2. The number of unbranched alkanes of at least 4 members (excludes halogenated alkanes) is 4. The summed E-state index contributed by atoms with van der Waals surface area (Å²) in [4.78, 5) is 2.55. The van der Waals surface area contributed by atoms with Gasteiger partial charge in [-0.05, 0) is 91.1 Å². The summed E-state index contributed by atoms with van der Waals surface area (Å²) in [5.41, 5.74) is 8.09. The van der Waals surface area contributed by atoms with Crippen LogP contribution in [0.4, 0.5) is 11.4 Å². The molecule has 0 atom stereocenters. The monoisotopic (exact) mass is 634 g/mol. The van der Waals surface area contributed by atoms with E-state index in [0.717, 1.165) is 38.8 Å². The quantitative estimate of drug-likeness (QED) is 0.0674. The third kappa shape index (κ3) is 6.23. The van der Waals surface area contributed by atoms with E-state index >= 15 is 0 Å². The number of anilines is 1. The number of hydrogen-bond donors (Lipinski definition) is 1. The first kappa shape index (κ1) is 33.4. The van der Waals surface area contributed by atoms with Crippen LogP contribution in [0.25, 0.3) is 21.5 Å². The van der Waals surface area contributed by atoms with Crippen LogP contribution < -0.4 is 4.90 Å². The van der Waals surface area contributed by atoms with Gasteiger partial charge in [0.2, 0.25) is 5.69 Å². The summed E-state index contributed by atoms with van der Waals surface area (Å²) in [6.07, 6.45) is 23.7. The summed E-state index contributed by atoms with van der Waals surface area (Å²) in [5, 5.41) is 12.7. The lowest BCUT2D eigenvalue weighted by Crippen LogP contribution is -2.28. The van der Waals surface area contributed by atoms with Gasteiger partial charge in [0.1, 0.15) is 6.54 Å². The van der Waals surface area contributed by atoms with E-state index in [4.69, 9.17) is 5.41 Å². The Morgan fingerprint density at radius 1 is 0.688 bits per heavy atom. The van der Waals surface area contributed by atoms with Gasteiger partial charge in [0.25, 0.3) is 0 Å². The number of allylic oxidation sites excluding steroid dienone is 8. The average molecular weight is 635 g/mol. The molecule has 0 saturated carbocycles. The highest BCUT2D eigenvalue weighted by Crippen LogP contribution is 2.51. The molecule has 246 valence electrons. The summed E-state index contributed by atoms with van der Waals surface area (Å²) < 4.78 is 2.55. The minimum atomic E-state index is -0.106. The van der Waals surface area contributed by atoms with Crippen LogP contribution in [-0.4, -0.2) is 29.6 Å². The molecule has 2 aliphatic heterocycles. The smallest absolute Gasteiger partial charge is 0.210 e. The third-order valence-electron chi connectivity index (χ3n) is 10.4. The molecule has 6 rings (SSSR count). The van der Waals surface area contributed by atoms with E-state index in [1.165, 1.54) is 74.5 Å². The van der Waals surface area contributed by atoms with E-state index in [1.807, 2.05) is 0 Å². The van der Waals surface area contributed by atoms with E-state index in [0.29, 0.717) is 0 Å². The van der Waals surface area contributed by atoms with E-state index in [-0.39, 0.29) is 10.8 Å². The van der Waals surface area contributed by atoms with E-state index in [1.54, 1.807) is 0 Å². The highest BCUT2D eigenvalue weighted by molar-refractivity contribution is 6.07. The Labute approximate surface area is 288 Å². The van der Waals surface area contributed by atoms with E-state index in [2.05, 4.69) is 159 Å². The molecule has 0 radical (unpaired) electrons. The zero-order valence-corrected chi connectivity index (χ0v) is 29.6. The second-order valence-electron chi connectivity index (χ2n) is 14.4. The number of benzene rings is 4. The van der Waals surface area contributed by atoms with Gasteiger partial charge in [-0.3, -0.25) is 0 Å². The Balaban J connectivity index is 1.25. The predicted octanol–water partition coefficient (Wildman–Crippen LogP) is 11.7. The van der Waals surface area contributed by atoms with Crippen molar-refractivity contribution in [1.82, 2.24) is 0 Å². The molecule has 0 aromatic heterocycles. The van der Waals surface area contributed by atoms with Crippen LogP contribution in [0.5, 0.6) is 0 Å². The van der Waals surface area contributed by atoms with Crippen LogP contribution in [0.3, 0.4) is 0 Å². The lowest BCUT2D eigenvalue weighted by molar-refractivity contribution is -0.438. The number of rotatable bonds is 13. The lowest BCUT2D eigenvalue weighted by atomic mass is 9.79. The van der Waals surface area contributed by atoms with Crippen molar-refractivity contribution in [3.05, 3.63) is 132 Å². The molecule has 4 aromatic carbocycles. The molecular formula is C45H52N3+. The third-order valence-corrected chi connectivity index (χ3v) is 10.4. The minimum absolute atomic E-state index is 0.0787. The number of fused-ring (bicyclic) bond motifs is 6. The van der Waals surface area contributed by atoms with Gasteiger partial charge in [0, 0.05) is 47.5 Å². The van der Waals surface area contributed by atoms with Crippen LogP contribution in [-0.2, 0) is 10.8 Å². The van der Waals surface area contributed by atoms with Crippen LogP contribution in [0.2, 0.25) is 0 Å². The second-order valence-corrected chi connectivity index (χ2v) is 14.4. The first-order chi connectivity index (χ1) is 23.3. The molecular weight excluding hydrogens is 583 g/mol. The molecule has 0 spiro atoms. The molecule has 0 aliphatic carbocycles. The largest absolute Gasteiger partial charge is 0.344 e. The van der Waals surface area contributed by atoms with Crippen molar-refractivity contribution in [2.24, 2.45) is 0 Å². The van der Waals surface area contributed by atoms with Crippen molar-refractivity contribution in [3.8, 4) is 0 Å². The molecule has 4 aromatic rings. The SMILES string of the molecule is CCCCN1/C(=C/C=C/C=C/C=C/C2=[N+](CCCCCC=N)c3ccc4ccccc4c3C2(C)C)C(C)(C)c2c1ccc1ccccc21. The fourth-order valence-corrected chi connectivity index (χ4v) is 8.05. The minimum Gasteiger partial charge on any atom is -0.344 e. The van der Waals surface area contributed by atoms with Gasteiger partial charge in [-0.25, -0.2) is 0 Å². The Hall–Kier alpha value is -4.50. The van der Waals surface area contributed by atoms with Crippen molar-refractivity contribution >= 4 is 44.8 Å². The van der Waals surface area contributed by atoms with Crippen molar-refractivity contribution in [1.29, 1.82) is 5.41 Å². The van der Waals surface area contributed by atoms with Crippen LogP contribution in [0.15, 0.2) is 121 Å². The van der Waals surface area contributed by atoms with Crippen molar-refractivity contribution < 1.29 is 4.58 Å². The highest BCUT2D eigenvalue weighted by atomic mass is 15.2. The van der Waals surface area contributed by atoms with Crippen molar-refractivity contribution in [2.75, 3.05) is 18.0 Å². The maximum Gasteiger partial charge on any atom is 0.210 e. The Morgan fingerprint density at radius 3 is 2.08 bits per heavy atom. The Bertz CT molecular complexity index is 1960. The average Bonchev–Trinajstić information content (AvgIpc) is 3.45. The molecule has 2 aliphatic rings. The first-order valence-electron chi connectivity index (χ1n) is 18.0. The fraction of sp³-hybridized carbons (Fsp3) is 0.333. The number of nitrogens with zero attached hydrogens (tertiary/aromatic N) is 2. The Kier molecular flexibility index (Phi) is 9.96. The van der Waals surface area contributed by atoms with Gasteiger partial charge in [-0.15, -0.1) is 0 Å². The molecule has 1 N–H and O–H groups in total. The first-order valence-corrected chi connectivity index (χ1v) is 18.0. The topological polar surface area (TPSA) is 30.1 Å². The zero-order chi connectivity index (χ0) is 33.7. The van der Waals surface area contributed by atoms with Gasteiger partial charge in [0.05, 0.1) is 5.41 Å². The molecule has 0 unspecified atom stereocenters. The van der Waals surface area contributed by atoms with Crippen molar-refractivity contribution in [3.63, 3.8) is 0 Å². The van der Waals surface area contributed by atoms with E-state index in [9.17, 15) is 0 Å². The molecule has 3 nitrogen and oxygen atoms in total. The summed E-state index contributed by atoms with van der Waals surface area (Å²) in [5.74, 6) is 0. The van der Waals surface area contributed by atoms with Crippen LogP contribution in [0.1, 0.15) is 84.3 Å². The second kappa shape index (κ2) is 14.3. The molecule has 0 bridgehead atoms. The maximum atomic E-state index is 7.38. The summed E-state index contributed by atoms with van der Waals surface area (Å²) >= 11 is 0. The van der Waals surface area contributed by atoms with E-state index < -0.39 is 0 Å². The Morgan fingerprint density at radius 2 is 1.35 bits per heavy atom.